The molecule has 2 amide bonds. The van der Waals surface area contributed by atoms with Crippen molar-refractivity contribution in [3.8, 4) is 5.75 Å². The summed E-state index contributed by atoms with van der Waals surface area (Å²) in [5.41, 5.74) is 6.71. The van der Waals surface area contributed by atoms with E-state index in [2.05, 4.69) is 55.3 Å². The van der Waals surface area contributed by atoms with Crippen molar-refractivity contribution >= 4 is 52.8 Å². The number of benzene rings is 3. The van der Waals surface area contributed by atoms with Gasteiger partial charge < -0.3 is 24.6 Å². The number of fused-ring (bicyclic) bond motifs is 1. The molecule has 0 aliphatic carbocycles. The van der Waals surface area contributed by atoms with E-state index in [4.69, 9.17) is 19.3 Å². The highest BCUT2D eigenvalue weighted by atomic mass is 32.1. The number of aromatic nitrogens is 1. The van der Waals surface area contributed by atoms with Crippen LogP contribution in [0.15, 0.2) is 89.5 Å². The van der Waals surface area contributed by atoms with Crippen LogP contribution >= 0.6 is 11.3 Å². The number of aryl methyl sites for hydroxylation is 2. The molecule has 0 saturated carbocycles. The maximum atomic E-state index is 13.7. The third kappa shape index (κ3) is 6.33. The molecule has 44 heavy (non-hydrogen) atoms. The van der Waals surface area contributed by atoms with Gasteiger partial charge in [0.2, 0.25) is 5.91 Å². The highest BCUT2D eigenvalue weighted by Gasteiger charge is 2.50. The first-order valence-electron chi connectivity index (χ1n) is 14.4. The number of nitrogens with two attached hydrogens (primary N) is 1. The molecule has 10 heteroatoms. The van der Waals surface area contributed by atoms with Crippen LogP contribution in [0.2, 0.25) is 5.04 Å². The van der Waals surface area contributed by atoms with E-state index in [1.54, 1.807) is 42.7 Å². The van der Waals surface area contributed by atoms with Gasteiger partial charge in [-0.15, -0.1) is 11.3 Å². The van der Waals surface area contributed by atoms with E-state index in [1.807, 2.05) is 43.3 Å². The average Bonchev–Trinajstić information content (AvgIpc) is 3.57. The Balaban J connectivity index is 1.42. The normalized spacial score (nSPS) is 12.7. The number of carbonyl (C=O) groups excluding carboxylic acids is 2. The van der Waals surface area contributed by atoms with Crippen molar-refractivity contribution in [3.63, 3.8) is 0 Å². The first kappa shape index (κ1) is 31.2. The van der Waals surface area contributed by atoms with E-state index in [1.165, 1.54) is 0 Å². The lowest BCUT2D eigenvalue weighted by Crippen LogP contribution is -2.67. The predicted octanol–water partition coefficient (Wildman–Crippen LogP) is 5.25. The average molecular weight is 628 g/mol. The smallest absolute Gasteiger partial charge is 0.261 e. The fraction of sp³-hybridized carbons (Fsp3) is 0.265. The Kier molecular flexibility index (Phi) is 9.05. The SMILES string of the molecule is Cc1ncc(COc2ccc3oc(C)c(C(=O)N[C@@H](CO[Si](c4ccccc4)(c4ccccc4)C(C)(C)C)C(N)=O)c3c2)s1. The molecule has 0 saturated heterocycles. The summed E-state index contributed by atoms with van der Waals surface area (Å²) in [4.78, 5) is 31.8. The van der Waals surface area contributed by atoms with E-state index in [-0.39, 0.29) is 11.6 Å². The molecule has 8 nitrogen and oxygen atoms in total. The Hall–Kier alpha value is -4.25. The van der Waals surface area contributed by atoms with Crippen molar-refractivity contribution in [2.45, 2.75) is 52.3 Å². The van der Waals surface area contributed by atoms with E-state index in [0.717, 1.165) is 20.3 Å². The second-order valence-corrected chi connectivity index (χ2v) is 17.4. The van der Waals surface area contributed by atoms with Crippen molar-refractivity contribution in [1.82, 2.24) is 10.3 Å². The topological polar surface area (TPSA) is 117 Å². The zero-order chi connectivity index (χ0) is 31.5. The van der Waals surface area contributed by atoms with Gasteiger partial charge in [0, 0.05) is 11.6 Å². The Morgan fingerprint density at radius 3 is 2.18 bits per heavy atom. The van der Waals surface area contributed by atoms with E-state index in [0.29, 0.717) is 34.6 Å². The van der Waals surface area contributed by atoms with Crippen LogP contribution in [0.1, 0.15) is 46.8 Å². The lowest BCUT2D eigenvalue weighted by atomic mass is 10.1. The quantitative estimate of drug-likeness (QED) is 0.193. The highest BCUT2D eigenvalue weighted by molar-refractivity contribution is 7.11. The molecule has 0 unspecified atom stereocenters. The molecule has 0 fully saturated rings. The molecule has 0 radical (unpaired) electrons. The molecular formula is C34H37N3O5SSi. The van der Waals surface area contributed by atoms with Gasteiger partial charge in [-0.1, -0.05) is 81.4 Å². The second kappa shape index (κ2) is 12.8. The first-order valence-corrected chi connectivity index (χ1v) is 17.1. The maximum absolute atomic E-state index is 13.7. The number of hydrogen-bond acceptors (Lipinski definition) is 7. The fourth-order valence-corrected chi connectivity index (χ4v) is 10.9. The number of primary amides is 1. The summed E-state index contributed by atoms with van der Waals surface area (Å²) < 4.78 is 18.8. The summed E-state index contributed by atoms with van der Waals surface area (Å²) in [7, 11) is -2.97. The van der Waals surface area contributed by atoms with Gasteiger partial charge in [0.25, 0.3) is 14.2 Å². The van der Waals surface area contributed by atoms with Crippen LogP contribution in [0.4, 0.5) is 0 Å². The fourth-order valence-electron chi connectivity index (χ4n) is 5.59. The second-order valence-electron chi connectivity index (χ2n) is 11.7. The van der Waals surface area contributed by atoms with Gasteiger partial charge in [-0.25, -0.2) is 4.98 Å². The summed E-state index contributed by atoms with van der Waals surface area (Å²) in [5, 5.41) is 6.19. The van der Waals surface area contributed by atoms with Gasteiger partial charge in [0.15, 0.2) is 0 Å². The van der Waals surface area contributed by atoms with Crippen molar-refractivity contribution in [2.75, 3.05) is 6.61 Å². The van der Waals surface area contributed by atoms with Crippen LogP contribution in [0, 0.1) is 13.8 Å². The largest absolute Gasteiger partial charge is 0.488 e. The van der Waals surface area contributed by atoms with E-state index in [9.17, 15) is 9.59 Å². The molecule has 3 N–H and O–H groups in total. The van der Waals surface area contributed by atoms with Crippen LogP contribution in [0.25, 0.3) is 11.0 Å². The molecule has 2 heterocycles. The number of hydrogen-bond donors (Lipinski definition) is 2. The number of rotatable bonds is 11. The van der Waals surface area contributed by atoms with Gasteiger partial charge in [-0.3, -0.25) is 9.59 Å². The van der Waals surface area contributed by atoms with Crippen molar-refractivity contribution in [2.24, 2.45) is 5.73 Å². The zero-order valence-electron chi connectivity index (χ0n) is 25.5. The van der Waals surface area contributed by atoms with Crippen LogP contribution in [-0.4, -0.2) is 37.8 Å². The number of ether oxygens (including phenoxy) is 1. The Morgan fingerprint density at radius 2 is 1.64 bits per heavy atom. The molecule has 3 aromatic carbocycles. The molecule has 0 aliphatic rings. The molecule has 5 rings (SSSR count). The molecule has 1 atom stereocenters. The molecule has 0 spiro atoms. The van der Waals surface area contributed by atoms with Gasteiger partial charge in [0.05, 0.1) is 22.1 Å². The van der Waals surface area contributed by atoms with E-state index < -0.39 is 26.2 Å². The number of amides is 2. The summed E-state index contributed by atoms with van der Waals surface area (Å²) in [5.74, 6) is -0.166. The predicted molar refractivity (Wildman–Crippen MR) is 176 cm³/mol. The standard InChI is InChI=1S/C34H37N3O5SSi/c1-22-31(28-18-24(16-17-30(28)42-22)40-20-25-19-36-23(2)43-25)33(39)37-29(32(35)38)21-41-44(34(3,4)5,26-12-8-6-9-13-26)27-14-10-7-11-15-27/h6-19,29H,20-21H2,1-5H3,(H2,35,38)(H,37,39)/t29-/m0/s1. The molecule has 228 valence electrons. The number of thiazole rings is 1. The summed E-state index contributed by atoms with van der Waals surface area (Å²) in [6, 6.07) is 24.4. The van der Waals surface area contributed by atoms with Gasteiger partial charge in [-0.05, 0) is 47.5 Å². The zero-order valence-corrected chi connectivity index (χ0v) is 27.4. The minimum atomic E-state index is -2.97. The lowest BCUT2D eigenvalue weighted by Gasteiger charge is -2.43. The third-order valence-electron chi connectivity index (χ3n) is 7.64. The van der Waals surface area contributed by atoms with Crippen LogP contribution in [0.3, 0.4) is 0 Å². The molecule has 2 aromatic heterocycles. The maximum Gasteiger partial charge on any atom is 0.261 e. The molecular weight excluding hydrogens is 591 g/mol. The Labute approximate surface area is 262 Å². The van der Waals surface area contributed by atoms with Crippen molar-refractivity contribution in [3.05, 3.63) is 106 Å². The Bertz CT molecular complexity index is 1720. The lowest BCUT2D eigenvalue weighted by molar-refractivity contribution is -0.120. The van der Waals surface area contributed by atoms with E-state index >= 15 is 0 Å². The minimum absolute atomic E-state index is 0.0915. The van der Waals surface area contributed by atoms with Gasteiger partial charge >= 0.3 is 0 Å². The Morgan fingerprint density at radius 1 is 1.00 bits per heavy atom. The van der Waals surface area contributed by atoms with Crippen LogP contribution in [0.5, 0.6) is 5.75 Å². The summed E-state index contributed by atoms with van der Waals surface area (Å²) >= 11 is 1.57. The van der Waals surface area contributed by atoms with Crippen molar-refractivity contribution in [1.29, 1.82) is 0 Å². The first-order chi connectivity index (χ1) is 21.0. The highest BCUT2D eigenvalue weighted by Crippen LogP contribution is 2.37. The summed E-state index contributed by atoms with van der Waals surface area (Å²) in [6.07, 6.45) is 1.79. The molecule has 5 aromatic rings. The number of carbonyl (C=O) groups is 2. The minimum Gasteiger partial charge on any atom is -0.488 e. The number of furan rings is 1. The monoisotopic (exact) mass is 627 g/mol. The van der Waals surface area contributed by atoms with Gasteiger partial charge in [-0.2, -0.15) is 0 Å². The van der Waals surface area contributed by atoms with Gasteiger partial charge in [0.1, 0.15) is 29.7 Å². The van der Waals surface area contributed by atoms with Crippen LogP contribution < -0.4 is 26.2 Å². The number of nitrogens with one attached hydrogen (secondary N) is 1. The molecule has 0 aliphatic heterocycles. The molecule has 0 bridgehead atoms. The van der Waals surface area contributed by atoms with Crippen molar-refractivity contribution < 1.29 is 23.2 Å². The third-order valence-corrected chi connectivity index (χ3v) is 13.5. The summed E-state index contributed by atoms with van der Waals surface area (Å²) in [6.45, 7) is 10.4. The van der Waals surface area contributed by atoms with Crippen LogP contribution in [-0.2, 0) is 15.8 Å². The number of nitrogens with zero attached hydrogens (tertiary/aromatic N) is 1.